The van der Waals surface area contributed by atoms with E-state index in [2.05, 4.69) is 4.90 Å². The first kappa shape index (κ1) is 24.9. The third-order valence-corrected chi connectivity index (χ3v) is 8.07. The number of rotatable bonds is 6. The van der Waals surface area contributed by atoms with Gasteiger partial charge in [-0.25, -0.2) is 4.98 Å². The Morgan fingerprint density at radius 3 is 2.28 bits per heavy atom. The molecule has 1 aliphatic rings. The summed E-state index contributed by atoms with van der Waals surface area (Å²) in [6.07, 6.45) is 2.50. The SMILES string of the molecule is Cc1cc(C(O)(c2ccccc2)C2CCN(CC=O)CC2)cc2c(Cl)c(-c3ccccc3)c(Cl)nc12. The fourth-order valence-electron chi connectivity index (χ4n) is 5.51. The van der Waals surface area contributed by atoms with Gasteiger partial charge in [0, 0.05) is 10.9 Å². The topological polar surface area (TPSA) is 53.4 Å². The third kappa shape index (κ3) is 4.44. The molecule has 184 valence electrons. The summed E-state index contributed by atoms with van der Waals surface area (Å²) in [7, 11) is 0. The summed E-state index contributed by atoms with van der Waals surface area (Å²) < 4.78 is 0. The van der Waals surface area contributed by atoms with Gasteiger partial charge in [-0.1, -0.05) is 89.9 Å². The van der Waals surface area contributed by atoms with Gasteiger partial charge in [0.25, 0.3) is 0 Å². The number of aromatic nitrogens is 1. The Morgan fingerprint density at radius 2 is 1.64 bits per heavy atom. The molecule has 4 aromatic rings. The number of aryl methyl sites for hydroxylation is 1. The first-order valence-electron chi connectivity index (χ1n) is 12.2. The Kier molecular flexibility index (Phi) is 7.14. The van der Waals surface area contributed by atoms with E-state index < -0.39 is 5.60 Å². The number of aldehydes is 1. The lowest BCUT2D eigenvalue weighted by Gasteiger charge is -2.42. The van der Waals surface area contributed by atoms with Crippen molar-refractivity contribution in [2.75, 3.05) is 19.6 Å². The van der Waals surface area contributed by atoms with Gasteiger partial charge >= 0.3 is 0 Å². The van der Waals surface area contributed by atoms with Crippen molar-refractivity contribution in [3.8, 4) is 11.1 Å². The molecule has 5 rings (SSSR count). The molecule has 4 nitrogen and oxygen atoms in total. The molecule has 0 amide bonds. The number of piperidine rings is 1. The minimum atomic E-state index is -1.22. The smallest absolute Gasteiger partial charge is 0.139 e. The molecule has 1 atom stereocenters. The third-order valence-electron chi connectivity index (χ3n) is 7.40. The molecule has 0 spiro atoms. The molecule has 6 heteroatoms. The molecule has 2 heterocycles. The molecule has 1 saturated heterocycles. The van der Waals surface area contributed by atoms with Crippen LogP contribution in [0, 0.1) is 12.8 Å². The van der Waals surface area contributed by atoms with Crippen LogP contribution in [-0.4, -0.2) is 40.9 Å². The molecule has 0 bridgehead atoms. The molecule has 1 unspecified atom stereocenters. The van der Waals surface area contributed by atoms with Crippen molar-refractivity contribution in [2.45, 2.75) is 25.4 Å². The van der Waals surface area contributed by atoms with Gasteiger partial charge in [0.05, 0.1) is 17.1 Å². The number of fused-ring (bicyclic) bond motifs is 1. The van der Waals surface area contributed by atoms with Gasteiger partial charge in [-0.15, -0.1) is 0 Å². The molecule has 1 N–H and O–H groups in total. The summed E-state index contributed by atoms with van der Waals surface area (Å²) in [6, 6.07) is 23.6. The van der Waals surface area contributed by atoms with Crippen LogP contribution in [0.15, 0.2) is 72.8 Å². The van der Waals surface area contributed by atoms with E-state index in [1.807, 2.05) is 79.7 Å². The number of pyridine rings is 1. The predicted octanol–water partition coefficient (Wildman–Crippen LogP) is 6.66. The number of hydrogen-bond acceptors (Lipinski definition) is 4. The summed E-state index contributed by atoms with van der Waals surface area (Å²) >= 11 is 13.6. The first-order valence-corrected chi connectivity index (χ1v) is 13.0. The van der Waals surface area contributed by atoms with E-state index in [0.717, 1.165) is 65.4 Å². The van der Waals surface area contributed by atoms with Gasteiger partial charge < -0.3 is 9.90 Å². The molecule has 1 aliphatic heterocycles. The molecule has 0 radical (unpaired) electrons. The Morgan fingerprint density at radius 1 is 1.00 bits per heavy atom. The second-order valence-corrected chi connectivity index (χ2v) is 10.3. The van der Waals surface area contributed by atoms with Crippen LogP contribution < -0.4 is 0 Å². The number of benzene rings is 3. The lowest BCUT2D eigenvalue weighted by Crippen LogP contribution is -2.44. The quantitative estimate of drug-likeness (QED) is 0.229. The van der Waals surface area contributed by atoms with Crippen LogP contribution in [-0.2, 0) is 10.4 Å². The maximum Gasteiger partial charge on any atom is 0.139 e. The van der Waals surface area contributed by atoms with Crippen LogP contribution in [0.25, 0.3) is 22.0 Å². The van der Waals surface area contributed by atoms with Crippen LogP contribution in [0.2, 0.25) is 10.2 Å². The Labute approximate surface area is 221 Å². The highest BCUT2D eigenvalue weighted by molar-refractivity contribution is 6.42. The molecule has 0 aliphatic carbocycles. The van der Waals surface area contributed by atoms with Gasteiger partial charge in [0.2, 0.25) is 0 Å². The van der Waals surface area contributed by atoms with Gasteiger partial charge in [-0.05, 0) is 67.1 Å². The zero-order valence-corrected chi connectivity index (χ0v) is 21.6. The van der Waals surface area contributed by atoms with Crippen molar-refractivity contribution >= 4 is 40.4 Å². The van der Waals surface area contributed by atoms with E-state index in [4.69, 9.17) is 28.2 Å². The summed E-state index contributed by atoms with van der Waals surface area (Å²) in [6.45, 7) is 3.93. The molecule has 36 heavy (non-hydrogen) atoms. The first-order chi connectivity index (χ1) is 17.4. The highest BCUT2D eigenvalue weighted by atomic mass is 35.5. The number of nitrogens with zero attached hydrogens (tertiary/aromatic N) is 2. The monoisotopic (exact) mass is 518 g/mol. The van der Waals surface area contributed by atoms with Crippen molar-refractivity contribution in [3.63, 3.8) is 0 Å². The van der Waals surface area contributed by atoms with Gasteiger partial charge in [0.15, 0.2) is 0 Å². The van der Waals surface area contributed by atoms with Crippen molar-refractivity contribution < 1.29 is 9.90 Å². The number of aliphatic hydroxyl groups is 1. The normalized spacial score (nSPS) is 16.7. The number of hydrogen-bond donors (Lipinski definition) is 1. The van der Waals surface area contributed by atoms with E-state index in [1.54, 1.807) is 0 Å². The Bertz CT molecular complexity index is 1390. The molecular weight excluding hydrogens is 491 g/mol. The zero-order chi connectivity index (χ0) is 25.3. The van der Waals surface area contributed by atoms with E-state index in [-0.39, 0.29) is 5.92 Å². The lowest BCUT2D eigenvalue weighted by molar-refractivity contribution is -0.109. The highest BCUT2D eigenvalue weighted by Gasteiger charge is 2.42. The summed E-state index contributed by atoms with van der Waals surface area (Å²) in [5.41, 5.74) is 3.63. The number of carbonyl (C=O) groups excluding carboxylic acids is 1. The van der Waals surface area contributed by atoms with Crippen molar-refractivity contribution in [3.05, 3.63) is 99.7 Å². The van der Waals surface area contributed by atoms with Crippen LogP contribution in [0.1, 0.15) is 29.5 Å². The largest absolute Gasteiger partial charge is 0.380 e. The van der Waals surface area contributed by atoms with Crippen LogP contribution in [0.3, 0.4) is 0 Å². The van der Waals surface area contributed by atoms with Crippen molar-refractivity contribution in [2.24, 2.45) is 5.92 Å². The Balaban J connectivity index is 1.68. The molecule has 1 fully saturated rings. The number of carbonyl (C=O) groups is 1. The minimum absolute atomic E-state index is 0.0210. The van der Waals surface area contributed by atoms with Gasteiger partial charge in [0.1, 0.15) is 17.0 Å². The summed E-state index contributed by atoms with van der Waals surface area (Å²) in [5, 5.41) is 14.2. The average Bonchev–Trinajstić information content (AvgIpc) is 2.90. The number of likely N-dealkylation sites (tertiary alicyclic amines) is 1. The standard InChI is InChI=1S/C30H28Cl2N2O2/c1-20-18-24(19-25-27(31)26(29(32)33-28(20)25)21-8-4-2-5-9-21)30(36,22-10-6-3-7-11-22)23-12-14-34(15-13-23)16-17-35/h2-11,17-19,23,36H,12-16H2,1H3. The maximum atomic E-state index is 12.5. The highest BCUT2D eigenvalue weighted by Crippen LogP contribution is 2.45. The summed E-state index contributed by atoms with van der Waals surface area (Å²) in [4.78, 5) is 17.9. The van der Waals surface area contributed by atoms with E-state index in [9.17, 15) is 9.90 Å². The number of halogens is 2. The average molecular weight is 519 g/mol. The van der Waals surface area contributed by atoms with E-state index in [0.29, 0.717) is 22.3 Å². The molecule has 3 aromatic carbocycles. The maximum absolute atomic E-state index is 12.5. The van der Waals surface area contributed by atoms with E-state index in [1.165, 1.54) is 0 Å². The van der Waals surface area contributed by atoms with Gasteiger partial charge in [-0.2, -0.15) is 0 Å². The fraction of sp³-hybridized carbons (Fsp3) is 0.267. The van der Waals surface area contributed by atoms with Crippen molar-refractivity contribution in [1.29, 1.82) is 0 Å². The van der Waals surface area contributed by atoms with Crippen molar-refractivity contribution in [1.82, 2.24) is 9.88 Å². The van der Waals surface area contributed by atoms with Gasteiger partial charge in [-0.3, -0.25) is 4.90 Å². The van der Waals surface area contributed by atoms with Crippen LogP contribution >= 0.6 is 23.2 Å². The van der Waals surface area contributed by atoms with Crippen LogP contribution in [0.5, 0.6) is 0 Å². The van der Waals surface area contributed by atoms with Crippen LogP contribution in [0.4, 0.5) is 0 Å². The summed E-state index contributed by atoms with van der Waals surface area (Å²) in [5.74, 6) is -0.0210. The lowest BCUT2D eigenvalue weighted by atomic mass is 9.71. The molecular formula is C30H28Cl2N2O2. The molecule has 0 saturated carbocycles. The second kappa shape index (κ2) is 10.3. The molecule has 1 aromatic heterocycles. The zero-order valence-electron chi connectivity index (χ0n) is 20.1. The Hall–Kier alpha value is -2.76. The second-order valence-electron chi connectivity index (χ2n) is 9.52. The fourth-order valence-corrected chi connectivity index (χ4v) is 6.19. The van der Waals surface area contributed by atoms with E-state index >= 15 is 0 Å². The predicted molar refractivity (Wildman–Crippen MR) is 147 cm³/mol. The minimum Gasteiger partial charge on any atom is -0.380 e.